The molecule has 0 N–H and O–H groups in total. The highest BCUT2D eigenvalue weighted by Gasteiger charge is 2.21. The predicted molar refractivity (Wildman–Crippen MR) is 91.3 cm³/mol. The summed E-state index contributed by atoms with van der Waals surface area (Å²) in [4.78, 5) is 8.31. The van der Waals surface area contributed by atoms with Gasteiger partial charge in [-0.1, -0.05) is 4.49 Å². The number of halogens is 1. The van der Waals surface area contributed by atoms with Gasteiger partial charge in [-0.25, -0.2) is 4.98 Å². The van der Waals surface area contributed by atoms with Crippen LogP contribution < -0.4 is 0 Å². The molecule has 22 heavy (non-hydrogen) atoms. The normalized spacial score (nSPS) is 11.4. The van der Waals surface area contributed by atoms with Gasteiger partial charge in [-0.05, 0) is 49.6 Å². The second kappa shape index (κ2) is 5.19. The molecule has 7 heteroatoms. The smallest absolute Gasteiger partial charge is 0.217 e. The highest BCUT2D eigenvalue weighted by atomic mass is 32.1. The molecule has 0 bridgehead atoms. The van der Waals surface area contributed by atoms with E-state index in [0.717, 1.165) is 19.3 Å². The van der Waals surface area contributed by atoms with E-state index in [1.54, 1.807) is 11.3 Å². The van der Waals surface area contributed by atoms with Crippen LogP contribution in [-0.2, 0) is 0 Å². The van der Waals surface area contributed by atoms with Gasteiger partial charge in [0.25, 0.3) is 0 Å². The van der Waals surface area contributed by atoms with Crippen LogP contribution in [0.2, 0.25) is 0 Å². The van der Waals surface area contributed by atoms with Crippen LogP contribution in [0.5, 0.6) is 0 Å². The average Bonchev–Trinajstić information content (AvgIpc) is 3.19. The summed E-state index contributed by atoms with van der Waals surface area (Å²) in [6, 6.07) is 7.86. The van der Waals surface area contributed by atoms with Crippen molar-refractivity contribution >= 4 is 44.4 Å². The molecular formula is C15H10FN3S3. The minimum Gasteiger partial charge on any atom is -0.217 e. The molecule has 4 aromatic heterocycles. The van der Waals surface area contributed by atoms with Gasteiger partial charge >= 0.3 is 0 Å². The summed E-state index contributed by atoms with van der Waals surface area (Å²) in [5.41, 5.74) is 1.69. The monoisotopic (exact) mass is 347 g/mol. The maximum atomic E-state index is 14.7. The SMILES string of the molecule is Cc1ccc(-c2c(F)nc(-c3ccc(C)s3)c3snnc23)s1. The Kier molecular flexibility index (Phi) is 3.28. The van der Waals surface area contributed by atoms with E-state index < -0.39 is 5.95 Å². The number of pyridine rings is 1. The summed E-state index contributed by atoms with van der Waals surface area (Å²) in [5.74, 6) is -0.483. The fourth-order valence-corrected chi connectivity index (χ4v) is 4.83. The fraction of sp³-hybridized carbons (Fsp3) is 0.133. The number of nitrogens with zero attached hydrogens (tertiary/aromatic N) is 3. The van der Waals surface area contributed by atoms with Crippen molar-refractivity contribution in [3.8, 4) is 21.0 Å². The van der Waals surface area contributed by atoms with E-state index in [1.165, 1.54) is 27.7 Å². The van der Waals surface area contributed by atoms with Crippen molar-refractivity contribution in [1.29, 1.82) is 0 Å². The Morgan fingerprint density at radius 3 is 2.27 bits per heavy atom. The van der Waals surface area contributed by atoms with Crippen LogP contribution in [0, 0.1) is 19.8 Å². The zero-order chi connectivity index (χ0) is 15.3. The van der Waals surface area contributed by atoms with Gasteiger partial charge in [0, 0.05) is 14.6 Å². The number of aryl methyl sites for hydroxylation is 2. The molecule has 0 amide bonds. The van der Waals surface area contributed by atoms with Gasteiger partial charge in [0.1, 0.15) is 15.9 Å². The van der Waals surface area contributed by atoms with Crippen LogP contribution in [0.15, 0.2) is 24.3 Å². The molecule has 3 nitrogen and oxygen atoms in total. The largest absolute Gasteiger partial charge is 0.224 e. The fourth-order valence-electron chi connectivity index (χ4n) is 2.33. The molecule has 4 aromatic rings. The molecule has 4 rings (SSSR count). The number of thiophene rings is 2. The summed E-state index contributed by atoms with van der Waals surface area (Å²) >= 11 is 4.40. The lowest BCUT2D eigenvalue weighted by atomic mass is 10.1. The van der Waals surface area contributed by atoms with Crippen LogP contribution in [0.3, 0.4) is 0 Å². The maximum Gasteiger partial charge on any atom is 0.224 e. The molecular weight excluding hydrogens is 337 g/mol. The highest BCUT2D eigenvalue weighted by molar-refractivity contribution is 7.17. The van der Waals surface area contributed by atoms with Crippen molar-refractivity contribution in [1.82, 2.24) is 14.6 Å². The summed E-state index contributed by atoms with van der Waals surface area (Å²) < 4.78 is 19.5. The lowest BCUT2D eigenvalue weighted by Crippen LogP contribution is -1.92. The van der Waals surface area contributed by atoms with Crippen molar-refractivity contribution in [2.24, 2.45) is 0 Å². The first kappa shape index (κ1) is 13.9. The van der Waals surface area contributed by atoms with E-state index in [-0.39, 0.29) is 0 Å². The summed E-state index contributed by atoms with van der Waals surface area (Å²) in [6.07, 6.45) is 0. The van der Waals surface area contributed by atoms with Gasteiger partial charge in [-0.2, -0.15) is 4.39 Å². The Hall–Kier alpha value is -1.70. The second-order valence-electron chi connectivity index (χ2n) is 4.90. The van der Waals surface area contributed by atoms with Crippen LogP contribution in [-0.4, -0.2) is 14.6 Å². The lowest BCUT2D eigenvalue weighted by Gasteiger charge is -2.04. The van der Waals surface area contributed by atoms with E-state index in [4.69, 9.17) is 0 Å². The molecule has 0 fully saturated rings. The molecule has 0 aliphatic carbocycles. The molecule has 0 spiro atoms. The van der Waals surface area contributed by atoms with E-state index in [2.05, 4.69) is 14.6 Å². The molecule has 0 atom stereocenters. The quantitative estimate of drug-likeness (QED) is 0.462. The Bertz CT molecular complexity index is 983. The van der Waals surface area contributed by atoms with E-state index in [1.807, 2.05) is 38.1 Å². The van der Waals surface area contributed by atoms with Gasteiger partial charge < -0.3 is 0 Å². The molecule has 0 aliphatic heterocycles. The van der Waals surface area contributed by atoms with E-state index in [0.29, 0.717) is 16.8 Å². The Morgan fingerprint density at radius 1 is 0.955 bits per heavy atom. The van der Waals surface area contributed by atoms with Crippen LogP contribution in [0.4, 0.5) is 4.39 Å². The van der Waals surface area contributed by atoms with Crippen molar-refractivity contribution in [3.05, 3.63) is 40.0 Å². The molecule has 0 radical (unpaired) electrons. The van der Waals surface area contributed by atoms with E-state index in [9.17, 15) is 4.39 Å². The Labute approximate surface area is 138 Å². The summed E-state index contributed by atoms with van der Waals surface area (Å²) in [7, 11) is 0. The van der Waals surface area contributed by atoms with Crippen molar-refractivity contribution in [2.75, 3.05) is 0 Å². The summed E-state index contributed by atoms with van der Waals surface area (Å²) in [5, 5.41) is 4.16. The first-order valence-corrected chi connectivity index (χ1v) is 8.99. The minimum absolute atomic E-state index is 0.457. The van der Waals surface area contributed by atoms with Crippen LogP contribution >= 0.6 is 34.2 Å². The topological polar surface area (TPSA) is 38.7 Å². The number of aromatic nitrogens is 3. The first-order chi connectivity index (χ1) is 10.6. The second-order valence-corrected chi connectivity index (χ2v) is 8.23. The van der Waals surface area contributed by atoms with Crippen molar-refractivity contribution in [3.63, 3.8) is 0 Å². The maximum absolute atomic E-state index is 14.7. The number of hydrogen-bond acceptors (Lipinski definition) is 6. The molecule has 4 heterocycles. The van der Waals surface area contributed by atoms with Gasteiger partial charge in [0.15, 0.2) is 0 Å². The first-order valence-electron chi connectivity index (χ1n) is 6.58. The Morgan fingerprint density at radius 2 is 1.64 bits per heavy atom. The number of rotatable bonds is 2. The summed E-state index contributed by atoms with van der Waals surface area (Å²) in [6.45, 7) is 4.02. The minimum atomic E-state index is -0.483. The van der Waals surface area contributed by atoms with Gasteiger partial charge in [0.2, 0.25) is 5.95 Å². The van der Waals surface area contributed by atoms with Crippen molar-refractivity contribution < 1.29 is 4.39 Å². The number of fused-ring (bicyclic) bond motifs is 1. The molecule has 0 unspecified atom stereocenters. The lowest BCUT2D eigenvalue weighted by molar-refractivity contribution is 0.591. The standard InChI is InChI=1S/C15H10FN3S3/c1-7-3-5-9(20-7)11-13-14(22-19-18-13)12(17-15(11)16)10-6-4-8(2)21-10/h3-6H,1-2H3. The third-order valence-electron chi connectivity index (χ3n) is 3.32. The number of hydrogen-bond donors (Lipinski definition) is 0. The predicted octanol–water partition coefficient (Wildman–Crippen LogP) is 5.30. The van der Waals surface area contributed by atoms with Gasteiger partial charge in [-0.15, -0.1) is 27.8 Å². The molecule has 0 aliphatic rings. The highest BCUT2D eigenvalue weighted by Crippen LogP contribution is 2.40. The molecule has 0 aromatic carbocycles. The molecule has 0 saturated heterocycles. The molecule has 0 saturated carbocycles. The third kappa shape index (κ3) is 2.16. The van der Waals surface area contributed by atoms with Crippen LogP contribution in [0.25, 0.3) is 31.2 Å². The van der Waals surface area contributed by atoms with Gasteiger partial charge in [0.05, 0.1) is 10.4 Å². The zero-order valence-corrected chi connectivity index (χ0v) is 14.2. The van der Waals surface area contributed by atoms with Gasteiger partial charge in [-0.3, -0.25) is 0 Å². The third-order valence-corrected chi connectivity index (χ3v) is 6.07. The average molecular weight is 347 g/mol. The zero-order valence-electron chi connectivity index (χ0n) is 11.8. The molecule has 110 valence electrons. The van der Waals surface area contributed by atoms with Crippen molar-refractivity contribution in [2.45, 2.75) is 13.8 Å². The Balaban J connectivity index is 2.02. The van der Waals surface area contributed by atoms with E-state index >= 15 is 0 Å². The van der Waals surface area contributed by atoms with Crippen LogP contribution in [0.1, 0.15) is 9.75 Å².